The van der Waals surface area contributed by atoms with Crippen LogP contribution in [0, 0.1) is 5.82 Å². The maximum absolute atomic E-state index is 12.5. The molecule has 8 heteroatoms. The van der Waals surface area contributed by atoms with Gasteiger partial charge in [-0.25, -0.2) is 9.82 Å². The van der Waals surface area contributed by atoms with Crippen molar-refractivity contribution in [2.24, 2.45) is 15.9 Å². The van der Waals surface area contributed by atoms with Crippen LogP contribution in [0.15, 0.2) is 34.5 Å². The van der Waals surface area contributed by atoms with Crippen molar-refractivity contribution in [1.82, 2.24) is 10.8 Å². The van der Waals surface area contributed by atoms with Crippen LogP contribution in [0.5, 0.6) is 0 Å². The summed E-state index contributed by atoms with van der Waals surface area (Å²) in [6, 6.07) is 5.55. The lowest BCUT2D eigenvalue weighted by molar-refractivity contribution is -0.329. The van der Waals surface area contributed by atoms with Crippen molar-refractivity contribution >= 4 is 12.2 Å². The van der Waals surface area contributed by atoms with E-state index >= 15 is 0 Å². The minimum Gasteiger partial charge on any atom is -0.367 e. The van der Waals surface area contributed by atoms with Crippen molar-refractivity contribution in [2.45, 2.75) is 0 Å². The van der Waals surface area contributed by atoms with Gasteiger partial charge in [0.2, 0.25) is 5.96 Å². The summed E-state index contributed by atoms with van der Waals surface area (Å²) in [5, 5.41) is 23.1. The van der Waals surface area contributed by atoms with E-state index < -0.39 is 0 Å². The highest BCUT2D eigenvalue weighted by atomic mass is 19.1. The van der Waals surface area contributed by atoms with Gasteiger partial charge in [-0.2, -0.15) is 5.10 Å². The fourth-order valence-electron chi connectivity index (χ4n) is 0.831. The monoisotopic (exact) mass is 227 g/mol. The molecule has 86 valence electrons. The Bertz CT molecular complexity index is 390. The third kappa shape index (κ3) is 4.46. The van der Waals surface area contributed by atoms with Crippen LogP contribution in [0.2, 0.25) is 0 Å². The summed E-state index contributed by atoms with van der Waals surface area (Å²) in [5.74, 6) is -0.665. The SMILES string of the molecule is NC(=NN=Cc1ccc(F)cc1)NN(O)O. The highest BCUT2D eigenvalue weighted by Gasteiger charge is 1.93. The summed E-state index contributed by atoms with van der Waals surface area (Å²) in [6.45, 7) is 0. The second-order valence-electron chi connectivity index (χ2n) is 2.68. The summed E-state index contributed by atoms with van der Waals surface area (Å²) in [7, 11) is 0. The zero-order chi connectivity index (χ0) is 12.0. The van der Waals surface area contributed by atoms with E-state index in [1.165, 1.54) is 30.5 Å². The number of halogens is 1. The molecule has 0 aliphatic carbocycles. The van der Waals surface area contributed by atoms with Crippen LogP contribution in [0.25, 0.3) is 0 Å². The second kappa shape index (κ2) is 5.75. The summed E-state index contributed by atoms with van der Waals surface area (Å²) >= 11 is 0. The maximum atomic E-state index is 12.5. The molecule has 0 bridgehead atoms. The Labute approximate surface area is 90.2 Å². The molecular weight excluding hydrogens is 217 g/mol. The Kier molecular flexibility index (Phi) is 4.33. The zero-order valence-corrected chi connectivity index (χ0v) is 8.08. The van der Waals surface area contributed by atoms with E-state index in [1.54, 1.807) is 0 Å². The van der Waals surface area contributed by atoms with Gasteiger partial charge in [-0.05, 0) is 17.7 Å². The smallest absolute Gasteiger partial charge is 0.232 e. The van der Waals surface area contributed by atoms with Crippen LogP contribution in [-0.2, 0) is 0 Å². The van der Waals surface area contributed by atoms with Crippen LogP contribution in [0.3, 0.4) is 0 Å². The number of hydrogen-bond donors (Lipinski definition) is 4. The van der Waals surface area contributed by atoms with Crippen molar-refractivity contribution in [3.63, 3.8) is 0 Å². The number of rotatable bonds is 3. The number of nitrogens with two attached hydrogens (primary N) is 1. The van der Waals surface area contributed by atoms with E-state index in [0.29, 0.717) is 5.56 Å². The lowest BCUT2D eigenvalue weighted by Gasteiger charge is -2.05. The minimum atomic E-state index is -0.355. The largest absolute Gasteiger partial charge is 0.367 e. The van der Waals surface area contributed by atoms with E-state index in [4.69, 9.17) is 16.1 Å². The summed E-state index contributed by atoms with van der Waals surface area (Å²) in [6.07, 6.45) is 1.33. The van der Waals surface area contributed by atoms with Crippen molar-refractivity contribution < 1.29 is 14.8 Å². The van der Waals surface area contributed by atoms with Gasteiger partial charge in [0.25, 0.3) is 0 Å². The first kappa shape index (κ1) is 12.0. The molecule has 1 rings (SSSR count). The molecule has 0 heterocycles. The molecule has 0 amide bonds. The Morgan fingerprint density at radius 3 is 2.56 bits per heavy atom. The lowest BCUT2D eigenvalue weighted by Crippen LogP contribution is -2.41. The van der Waals surface area contributed by atoms with Gasteiger partial charge in [0, 0.05) is 5.34 Å². The molecule has 0 saturated carbocycles. The van der Waals surface area contributed by atoms with Crippen molar-refractivity contribution in [3.8, 4) is 0 Å². The molecule has 0 radical (unpaired) electrons. The molecule has 1 aromatic rings. The molecular formula is C8H10FN5O2. The van der Waals surface area contributed by atoms with Crippen molar-refractivity contribution in [1.29, 1.82) is 0 Å². The number of hydrogen-bond acceptors (Lipinski definition) is 5. The molecule has 0 aliphatic rings. The Morgan fingerprint density at radius 2 is 2.00 bits per heavy atom. The van der Waals surface area contributed by atoms with E-state index in [9.17, 15) is 4.39 Å². The third-order valence-corrected chi connectivity index (χ3v) is 1.46. The first-order valence-corrected chi connectivity index (χ1v) is 4.14. The highest BCUT2D eigenvalue weighted by Crippen LogP contribution is 1.99. The van der Waals surface area contributed by atoms with Gasteiger partial charge in [-0.15, -0.1) is 5.10 Å². The van der Waals surface area contributed by atoms with Gasteiger partial charge in [0.1, 0.15) is 5.82 Å². The van der Waals surface area contributed by atoms with E-state index in [1.807, 2.05) is 5.43 Å². The average Bonchev–Trinajstić information content (AvgIpc) is 2.20. The fourth-order valence-corrected chi connectivity index (χ4v) is 0.831. The molecule has 16 heavy (non-hydrogen) atoms. The quantitative estimate of drug-likeness (QED) is 0.332. The minimum absolute atomic E-state index is 0.316. The zero-order valence-electron chi connectivity index (χ0n) is 8.08. The normalized spacial score (nSPS) is 12.4. The van der Waals surface area contributed by atoms with Crippen LogP contribution >= 0.6 is 0 Å². The van der Waals surface area contributed by atoms with Crippen LogP contribution < -0.4 is 11.2 Å². The van der Waals surface area contributed by atoms with Gasteiger partial charge < -0.3 is 5.73 Å². The molecule has 5 N–H and O–H groups in total. The molecule has 0 fully saturated rings. The molecule has 0 saturated heterocycles. The first-order valence-electron chi connectivity index (χ1n) is 4.14. The Morgan fingerprint density at radius 1 is 1.38 bits per heavy atom. The maximum Gasteiger partial charge on any atom is 0.232 e. The molecule has 1 aromatic carbocycles. The van der Waals surface area contributed by atoms with Crippen LogP contribution in [-0.4, -0.2) is 27.9 Å². The second-order valence-corrected chi connectivity index (χ2v) is 2.68. The average molecular weight is 227 g/mol. The van der Waals surface area contributed by atoms with Crippen molar-refractivity contribution in [3.05, 3.63) is 35.6 Å². The molecule has 0 atom stereocenters. The third-order valence-electron chi connectivity index (χ3n) is 1.46. The van der Waals surface area contributed by atoms with Crippen LogP contribution in [0.1, 0.15) is 5.56 Å². The summed E-state index contributed by atoms with van der Waals surface area (Å²) < 4.78 is 12.5. The molecule has 0 aromatic heterocycles. The summed E-state index contributed by atoms with van der Waals surface area (Å²) in [5.41, 5.74) is 7.63. The van der Waals surface area contributed by atoms with Gasteiger partial charge in [-0.1, -0.05) is 12.1 Å². The predicted octanol–water partition coefficient (Wildman–Crippen LogP) is 0.0593. The molecule has 0 aliphatic heterocycles. The number of hydrazine groups is 1. The van der Waals surface area contributed by atoms with Crippen molar-refractivity contribution in [2.75, 3.05) is 0 Å². The number of guanidine groups is 1. The Balaban J connectivity index is 2.57. The molecule has 7 nitrogen and oxygen atoms in total. The van der Waals surface area contributed by atoms with Gasteiger partial charge >= 0.3 is 0 Å². The van der Waals surface area contributed by atoms with Crippen LogP contribution in [0.4, 0.5) is 4.39 Å². The number of benzene rings is 1. The standard InChI is InChI=1S/C8H10FN5O2/c9-7-3-1-6(2-4-7)5-11-12-8(10)13-14(15)16/h1-5,15-16H,(H3,10,12,13). The molecule has 0 unspecified atom stereocenters. The van der Waals surface area contributed by atoms with E-state index in [2.05, 4.69) is 10.2 Å². The topological polar surface area (TPSA) is 106 Å². The summed E-state index contributed by atoms with van der Waals surface area (Å²) in [4.78, 5) is 0. The number of nitrogens with zero attached hydrogens (tertiary/aromatic N) is 3. The first-order chi connectivity index (χ1) is 7.58. The van der Waals surface area contributed by atoms with E-state index in [0.717, 1.165) is 0 Å². The predicted molar refractivity (Wildman–Crippen MR) is 54.2 cm³/mol. The lowest BCUT2D eigenvalue weighted by atomic mass is 10.2. The number of nitrogens with one attached hydrogen (secondary N) is 1. The van der Waals surface area contributed by atoms with Gasteiger partial charge in [-0.3, -0.25) is 10.4 Å². The van der Waals surface area contributed by atoms with Gasteiger partial charge in [0.05, 0.1) is 6.21 Å². The molecule has 0 spiro atoms. The van der Waals surface area contributed by atoms with E-state index in [-0.39, 0.29) is 17.1 Å². The van der Waals surface area contributed by atoms with Gasteiger partial charge in [0.15, 0.2) is 0 Å². The fraction of sp³-hybridized carbons (Fsp3) is 0. The highest BCUT2D eigenvalue weighted by molar-refractivity contribution is 5.81. The Hall–Kier alpha value is -2.03.